The molecular formula is C8H9N3O3. The predicted molar refractivity (Wildman–Crippen MR) is 50.5 cm³/mol. The molecule has 0 amide bonds. The highest BCUT2D eigenvalue weighted by Crippen LogP contribution is 2.17. The van der Waals surface area contributed by atoms with Crippen LogP contribution in [0.4, 0.5) is 5.69 Å². The van der Waals surface area contributed by atoms with Crippen molar-refractivity contribution >= 4 is 11.4 Å². The molecule has 14 heavy (non-hydrogen) atoms. The summed E-state index contributed by atoms with van der Waals surface area (Å²) in [4.78, 5) is 10.0. The first kappa shape index (κ1) is 10.1. The van der Waals surface area contributed by atoms with E-state index < -0.39 is 4.92 Å². The van der Waals surface area contributed by atoms with Crippen LogP contribution in [0.1, 0.15) is 5.56 Å². The van der Waals surface area contributed by atoms with E-state index in [-0.39, 0.29) is 23.5 Å². The molecule has 6 heteroatoms. The quantitative estimate of drug-likeness (QED) is 0.321. The molecule has 0 bridgehead atoms. The lowest BCUT2D eigenvalue weighted by Crippen LogP contribution is -2.16. The molecular weight excluding hydrogens is 186 g/mol. The molecule has 0 spiro atoms. The van der Waals surface area contributed by atoms with Crippen LogP contribution in [0.2, 0.25) is 0 Å². The molecule has 0 heterocycles. The Morgan fingerprint density at radius 3 is 2.71 bits per heavy atom. The zero-order valence-corrected chi connectivity index (χ0v) is 7.25. The summed E-state index contributed by atoms with van der Waals surface area (Å²) in [5.41, 5.74) is 5.48. The summed E-state index contributed by atoms with van der Waals surface area (Å²) in [6.07, 6.45) is 0. The highest BCUT2D eigenvalue weighted by atomic mass is 16.6. The summed E-state index contributed by atoms with van der Waals surface area (Å²) in [5.74, 6) is 0. The van der Waals surface area contributed by atoms with E-state index in [1.165, 1.54) is 18.2 Å². The molecule has 0 atom stereocenters. The van der Waals surface area contributed by atoms with Crippen molar-refractivity contribution in [1.29, 1.82) is 0 Å². The smallest absolute Gasteiger partial charge is 0.278 e. The number of hydrogen-bond acceptors (Lipinski definition) is 5. The lowest BCUT2D eigenvalue weighted by molar-refractivity contribution is -0.385. The molecule has 0 aliphatic rings. The molecule has 0 aliphatic heterocycles. The van der Waals surface area contributed by atoms with Gasteiger partial charge in [-0.05, 0) is 6.07 Å². The number of benzene rings is 1. The molecule has 6 nitrogen and oxygen atoms in total. The van der Waals surface area contributed by atoms with Crippen LogP contribution >= 0.6 is 0 Å². The van der Waals surface area contributed by atoms with Gasteiger partial charge in [0.05, 0.1) is 10.5 Å². The van der Waals surface area contributed by atoms with E-state index in [0.29, 0.717) is 0 Å². The number of nitrogens with zero attached hydrogens (tertiary/aromatic N) is 2. The standard InChI is InChI=1S/C8H9N3O3/c9-5-7(10-12)6-3-1-2-4-8(6)11(13)14/h1-4,12H,5,9H2/b10-7+. The van der Waals surface area contributed by atoms with E-state index in [9.17, 15) is 10.1 Å². The van der Waals surface area contributed by atoms with Crippen LogP contribution in [0.5, 0.6) is 0 Å². The maximum absolute atomic E-state index is 10.6. The first-order chi connectivity index (χ1) is 6.70. The fourth-order valence-electron chi connectivity index (χ4n) is 1.08. The molecule has 0 saturated carbocycles. The molecule has 0 aliphatic carbocycles. The van der Waals surface area contributed by atoms with Gasteiger partial charge in [-0.15, -0.1) is 0 Å². The van der Waals surface area contributed by atoms with Crippen LogP contribution in [-0.2, 0) is 0 Å². The van der Waals surface area contributed by atoms with Crippen molar-refractivity contribution < 1.29 is 10.1 Å². The Kier molecular flexibility index (Phi) is 3.14. The second-order valence-electron chi connectivity index (χ2n) is 2.53. The number of nitrogens with two attached hydrogens (primary N) is 1. The molecule has 1 rings (SSSR count). The van der Waals surface area contributed by atoms with Crippen molar-refractivity contribution in [2.24, 2.45) is 10.9 Å². The van der Waals surface area contributed by atoms with Crippen molar-refractivity contribution in [1.82, 2.24) is 0 Å². The van der Waals surface area contributed by atoms with E-state index in [0.717, 1.165) is 0 Å². The third-order valence-corrected chi connectivity index (χ3v) is 1.73. The Balaban J connectivity index is 3.26. The van der Waals surface area contributed by atoms with Gasteiger partial charge in [0.15, 0.2) is 0 Å². The Hall–Kier alpha value is -1.95. The largest absolute Gasteiger partial charge is 0.411 e. The average molecular weight is 195 g/mol. The van der Waals surface area contributed by atoms with Crippen molar-refractivity contribution in [3.63, 3.8) is 0 Å². The Morgan fingerprint density at radius 2 is 2.21 bits per heavy atom. The van der Waals surface area contributed by atoms with Crippen molar-refractivity contribution in [2.75, 3.05) is 6.54 Å². The summed E-state index contributed by atoms with van der Waals surface area (Å²) in [5, 5.41) is 22.1. The molecule has 0 saturated heterocycles. The summed E-state index contributed by atoms with van der Waals surface area (Å²) >= 11 is 0. The van der Waals surface area contributed by atoms with Crippen LogP contribution in [0.3, 0.4) is 0 Å². The maximum atomic E-state index is 10.6. The van der Waals surface area contributed by atoms with Gasteiger partial charge in [0.25, 0.3) is 5.69 Å². The molecule has 0 unspecified atom stereocenters. The maximum Gasteiger partial charge on any atom is 0.278 e. The van der Waals surface area contributed by atoms with E-state index in [4.69, 9.17) is 10.9 Å². The first-order valence-corrected chi connectivity index (χ1v) is 3.85. The van der Waals surface area contributed by atoms with E-state index in [1.54, 1.807) is 6.07 Å². The number of nitro groups is 1. The number of nitro benzene ring substituents is 1. The molecule has 1 aromatic rings. The van der Waals surface area contributed by atoms with E-state index in [2.05, 4.69) is 5.16 Å². The average Bonchev–Trinajstić information content (AvgIpc) is 2.20. The zero-order valence-electron chi connectivity index (χ0n) is 7.25. The van der Waals surface area contributed by atoms with Gasteiger partial charge in [0, 0.05) is 12.6 Å². The predicted octanol–water partition coefficient (Wildman–Crippen LogP) is 0.732. The minimum absolute atomic E-state index is 0.0542. The lowest BCUT2D eigenvalue weighted by atomic mass is 10.1. The summed E-state index contributed by atoms with van der Waals surface area (Å²) < 4.78 is 0. The van der Waals surface area contributed by atoms with E-state index >= 15 is 0 Å². The lowest BCUT2D eigenvalue weighted by Gasteiger charge is -2.01. The Morgan fingerprint density at radius 1 is 1.57 bits per heavy atom. The third kappa shape index (κ3) is 1.86. The van der Waals surface area contributed by atoms with Crippen LogP contribution in [0.25, 0.3) is 0 Å². The van der Waals surface area contributed by atoms with Gasteiger partial charge in [0.2, 0.25) is 0 Å². The summed E-state index contributed by atoms with van der Waals surface area (Å²) in [7, 11) is 0. The number of para-hydroxylation sites is 1. The van der Waals surface area contributed by atoms with Gasteiger partial charge in [-0.2, -0.15) is 0 Å². The second kappa shape index (κ2) is 4.33. The monoisotopic (exact) mass is 195 g/mol. The van der Waals surface area contributed by atoms with Crippen LogP contribution in [0, 0.1) is 10.1 Å². The zero-order chi connectivity index (χ0) is 10.6. The van der Waals surface area contributed by atoms with Crippen molar-refractivity contribution in [3.05, 3.63) is 39.9 Å². The number of oxime groups is 1. The van der Waals surface area contributed by atoms with Gasteiger partial charge in [-0.25, -0.2) is 0 Å². The van der Waals surface area contributed by atoms with Gasteiger partial charge >= 0.3 is 0 Å². The molecule has 74 valence electrons. The summed E-state index contributed by atoms with van der Waals surface area (Å²) in [6, 6.07) is 5.96. The Bertz CT molecular complexity index is 376. The van der Waals surface area contributed by atoms with Crippen molar-refractivity contribution in [2.45, 2.75) is 0 Å². The molecule has 1 aromatic carbocycles. The highest BCUT2D eigenvalue weighted by Gasteiger charge is 2.16. The fourth-order valence-corrected chi connectivity index (χ4v) is 1.08. The normalized spacial score (nSPS) is 11.4. The second-order valence-corrected chi connectivity index (χ2v) is 2.53. The van der Waals surface area contributed by atoms with E-state index in [1.807, 2.05) is 0 Å². The molecule has 0 fully saturated rings. The SMILES string of the molecule is NC/C(=N\O)c1ccccc1[N+](=O)[O-]. The van der Waals surface area contributed by atoms with Gasteiger partial charge in [-0.3, -0.25) is 10.1 Å². The minimum atomic E-state index is -0.545. The topological polar surface area (TPSA) is 102 Å². The fraction of sp³-hybridized carbons (Fsp3) is 0.125. The number of rotatable bonds is 3. The first-order valence-electron chi connectivity index (χ1n) is 3.85. The minimum Gasteiger partial charge on any atom is -0.411 e. The van der Waals surface area contributed by atoms with Gasteiger partial charge < -0.3 is 10.9 Å². The molecule has 0 radical (unpaired) electrons. The Labute approximate surface area is 79.8 Å². The summed E-state index contributed by atoms with van der Waals surface area (Å²) in [6.45, 7) is -0.0542. The number of hydrogen-bond donors (Lipinski definition) is 2. The molecule has 0 aromatic heterocycles. The van der Waals surface area contributed by atoms with Gasteiger partial charge in [-0.1, -0.05) is 17.3 Å². The molecule has 3 N–H and O–H groups in total. The van der Waals surface area contributed by atoms with Gasteiger partial charge in [0.1, 0.15) is 5.71 Å². The van der Waals surface area contributed by atoms with Crippen LogP contribution in [0.15, 0.2) is 29.4 Å². The van der Waals surface area contributed by atoms with Crippen LogP contribution in [-0.4, -0.2) is 22.4 Å². The van der Waals surface area contributed by atoms with Crippen LogP contribution < -0.4 is 5.73 Å². The third-order valence-electron chi connectivity index (χ3n) is 1.73. The highest BCUT2D eigenvalue weighted by molar-refractivity contribution is 6.04. The van der Waals surface area contributed by atoms with Crippen molar-refractivity contribution in [3.8, 4) is 0 Å².